The third-order valence-electron chi connectivity index (χ3n) is 2.05. The third-order valence-corrected chi connectivity index (χ3v) is 2.05. The van der Waals surface area contributed by atoms with E-state index in [9.17, 15) is 15.3 Å². The SMILES string of the molecule is [N-]=[N+]=NC1C(O)OC(CO)[C@H](O)C1O. The van der Waals surface area contributed by atoms with E-state index < -0.39 is 37.3 Å². The lowest BCUT2D eigenvalue weighted by Gasteiger charge is -2.37. The predicted octanol–water partition coefficient (Wildman–Crippen LogP) is -1.90. The fourth-order valence-electron chi connectivity index (χ4n) is 1.27. The quantitative estimate of drug-likeness (QED) is 0.237. The standard InChI is InChI=1S/C6H11N3O5/c7-9-8-3-5(12)4(11)2(1-10)14-6(3)13/h2-6,10-13H,1H2/t2?,3?,4-,5?,6?/m0/s1. The van der Waals surface area contributed by atoms with Crippen molar-refractivity contribution < 1.29 is 25.2 Å². The minimum atomic E-state index is -1.53. The number of rotatable bonds is 2. The molecule has 1 aliphatic heterocycles. The van der Waals surface area contributed by atoms with Gasteiger partial charge >= 0.3 is 0 Å². The number of ether oxygens (including phenoxy) is 1. The molecular formula is C6H11N3O5. The molecule has 0 radical (unpaired) electrons. The van der Waals surface area contributed by atoms with Gasteiger partial charge in [0.15, 0.2) is 6.29 Å². The Labute approximate surface area is 79.0 Å². The molecular weight excluding hydrogens is 194 g/mol. The summed E-state index contributed by atoms with van der Waals surface area (Å²) in [6.45, 7) is -0.543. The fourth-order valence-corrected chi connectivity index (χ4v) is 1.27. The first kappa shape index (κ1) is 11.2. The van der Waals surface area contributed by atoms with E-state index in [1.165, 1.54) is 0 Å². The highest BCUT2D eigenvalue weighted by Gasteiger charge is 2.43. The minimum absolute atomic E-state index is 0.543. The Morgan fingerprint density at radius 3 is 2.43 bits per heavy atom. The molecule has 1 aliphatic rings. The number of azide groups is 1. The molecule has 0 amide bonds. The molecule has 1 fully saturated rings. The summed E-state index contributed by atoms with van der Waals surface area (Å²) in [5.41, 5.74) is 8.11. The minimum Gasteiger partial charge on any atom is -0.394 e. The lowest BCUT2D eigenvalue weighted by molar-refractivity contribution is -0.248. The Bertz CT molecular complexity index is 244. The second kappa shape index (κ2) is 4.56. The van der Waals surface area contributed by atoms with Gasteiger partial charge in [-0.15, -0.1) is 0 Å². The molecule has 5 atom stereocenters. The molecule has 0 aromatic heterocycles. The summed E-state index contributed by atoms with van der Waals surface area (Å²) < 4.78 is 4.71. The van der Waals surface area contributed by atoms with Gasteiger partial charge in [-0.1, -0.05) is 5.11 Å². The van der Waals surface area contributed by atoms with Crippen LogP contribution in [-0.2, 0) is 4.74 Å². The molecule has 0 aliphatic carbocycles. The Hall–Kier alpha value is -0.890. The highest BCUT2D eigenvalue weighted by Crippen LogP contribution is 2.21. The average molecular weight is 205 g/mol. The van der Waals surface area contributed by atoms with Gasteiger partial charge in [0.25, 0.3) is 0 Å². The van der Waals surface area contributed by atoms with Gasteiger partial charge in [0.1, 0.15) is 18.2 Å². The van der Waals surface area contributed by atoms with E-state index in [4.69, 9.17) is 15.4 Å². The van der Waals surface area contributed by atoms with E-state index in [1.54, 1.807) is 0 Å². The summed E-state index contributed by atoms with van der Waals surface area (Å²) in [6.07, 6.45) is -5.45. The maximum atomic E-state index is 9.37. The van der Waals surface area contributed by atoms with Crippen LogP contribution in [0.4, 0.5) is 0 Å². The number of aliphatic hydroxyl groups is 4. The first-order valence-electron chi connectivity index (χ1n) is 3.96. The molecule has 4 unspecified atom stereocenters. The Balaban J connectivity index is 2.78. The highest BCUT2D eigenvalue weighted by atomic mass is 16.6. The van der Waals surface area contributed by atoms with Crippen molar-refractivity contribution in [2.45, 2.75) is 30.6 Å². The van der Waals surface area contributed by atoms with E-state index in [-0.39, 0.29) is 0 Å². The third kappa shape index (κ3) is 1.95. The van der Waals surface area contributed by atoms with Crippen LogP contribution in [0.3, 0.4) is 0 Å². The van der Waals surface area contributed by atoms with Gasteiger partial charge in [0.05, 0.1) is 12.7 Å². The predicted molar refractivity (Wildman–Crippen MR) is 42.9 cm³/mol. The Morgan fingerprint density at radius 2 is 1.93 bits per heavy atom. The van der Waals surface area contributed by atoms with Gasteiger partial charge in [0, 0.05) is 4.91 Å². The number of hydrogen-bond donors (Lipinski definition) is 4. The molecule has 0 aromatic carbocycles. The van der Waals surface area contributed by atoms with Gasteiger partial charge < -0.3 is 25.2 Å². The van der Waals surface area contributed by atoms with Crippen LogP contribution in [0.2, 0.25) is 0 Å². The van der Waals surface area contributed by atoms with Gasteiger partial charge in [-0.25, -0.2) is 0 Å². The van der Waals surface area contributed by atoms with E-state index in [1.807, 2.05) is 0 Å². The van der Waals surface area contributed by atoms with Crippen LogP contribution in [0.25, 0.3) is 10.4 Å². The van der Waals surface area contributed by atoms with Crippen LogP contribution < -0.4 is 0 Å². The molecule has 0 aromatic rings. The van der Waals surface area contributed by atoms with Crippen LogP contribution in [0.1, 0.15) is 0 Å². The molecule has 1 heterocycles. The van der Waals surface area contributed by atoms with Crippen LogP contribution in [0.5, 0.6) is 0 Å². The van der Waals surface area contributed by atoms with Gasteiger partial charge in [-0.05, 0) is 5.53 Å². The van der Waals surface area contributed by atoms with Crippen molar-refractivity contribution in [2.24, 2.45) is 5.11 Å². The van der Waals surface area contributed by atoms with Crippen molar-refractivity contribution in [3.63, 3.8) is 0 Å². The summed E-state index contributed by atoms with van der Waals surface area (Å²) in [4.78, 5) is 2.40. The van der Waals surface area contributed by atoms with E-state index in [0.717, 1.165) is 0 Å². The van der Waals surface area contributed by atoms with Crippen LogP contribution >= 0.6 is 0 Å². The molecule has 14 heavy (non-hydrogen) atoms. The number of hydrogen-bond acceptors (Lipinski definition) is 6. The summed E-state index contributed by atoms with van der Waals surface area (Å²) >= 11 is 0. The van der Waals surface area contributed by atoms with Gasteiger partial charge in [-0.3, -0.25) is 0 Å². The van der Waals surface area contributed by atoms with Crippen molar-refractivity contribution in [1.29, 1.82) is 0 Å². The van der Waals surface area contributed by atoms with Crippen molar-refractivity contribution in [3.8, 4) is 0 Å². The normalized spacial score (nSPS) is 43.0. The smallest absolute Gasteiger partial charge is 0.166 e. The lowest BCUT2D eigenvalue weighted by atomic mass is 9.98. The van der Waals surface area contributed by atoms with Gasteiger partial charge in [0.2, 0.25) is 0 Å². The molecule has 0 saturated carbocycles. The molecule has 4 N–H and O–H groups in total. The van der Waals surface area contributed by atoms with E-state index in [2.05, 4.69) is 10.0 Å². The second-order valence-electron chi connectivity index (χ2n) is 2.92. The van der Waals surface area contributed by atoms with Gasteiger partial charge in [-0.2, -0.15) is 0 Å². The maximum Gasteiger partial charge on any atom is 0.166 e. The zero-order valence-electron chi connectivity index (χ0n) is 7.13. The molecule has 0 bridgehead atoms. The monoisotopic (exact) mass is 205 g/mol. The highest BCUT2D eigenvalue weighted by molar-refractivity contribution is 4.92. The van der Waals surface area contributed by atoms with Crippen LogP contribution in [0.15, 0.2) is 5.11 Å². The Kier molecular flexibility index (Phi) is 3.64. The van der Waals surface area contributed by atoms with Crippen molar-refractivity contribution in [2.75, 3.05) is 6.61 Å². The summed E-state index contributed by atoms with van der Waals surface area (Å²) in [7, 11) is 0. The molecule has 1 rings (SSSR count). The largest absolute Gasteiger partial charge is 0.394 e. The maximum absolute atomic E-state index is 9.37. The molecule has 1 saturated heterocycles. The van der Waals surface area contributed by atoms with Crippen LogP contribution in [-0.4, -0.2) is 57.7 Å². The summed E-state index contributed by atoms with van der Waals surface area (Å²) in [5.74, 6) is 0. The zero-order valence-corrected chi connectivity index (χ0v) is 7.13. The van der Waals surface area contributed by atoms with Crippen molar-refractivity contribution >= 4 is 0 Å². The first-order chi connectivity index (χ1) is 6.61. The average Bonchev–Trinajstić information content (AvgIpc) is 2.18. The molecule has 8 heteroatoms. The van der Waals surface area contributed by atoms with Crippen LogP contribution in [0, 0.1) is 0 Å². The Morgan fingerprint density at radius 1 is 1.29 bits per heavy atom. The molecule has 0 spiro atoms. The number of aliphatic hydroxyl groups excluding tert-OH is 4. The van der Waals surface area contributed by atoms with E-state index in [0.29, 0.717) is 0 Å². The van der Waals surface area contributed by atoms with Crippen molar-refractivity contribution in [3.05, 3.63) is 10.4 Å². The summed E-state index contributed by atoms with van der Waals surface area (Å²) in [5, 5.41) is 39.7. The topological polar surface area (TPSA) is 139 Å². The number of nitrogens with zero attached hydrogens (tertiary/aromatic N) is 3. The first-order valence-corrected chi connectivity index (χ1v) is 3.96. The fraction of sp³-hybridized carbons (Fsp3) is 1.00. The van der Waals surface area contributed by atoms with Crippen molar-refractivity contribution in [1.82, 2.24) is 0 Å². The molecule has 80 valence electrons. The molecule has 8 nitrogen and oxygen atoms in total. The zero-order chi connectivity index (χ0) is 10.7. The summed E-state index contributed by atoms with van der Waals surface area (Å²) in [6, 6.07) is -1.27. The lowest BCUT2D eigenvalue weighted by Crippen LogP contribution is -2.57. The van der Waals surface area contributed by atoms with E-state index >= 15 is 0 Å². The second-order valence-corrected chi connectivity index (χ2v) is 2.92.